The van der Waals surface area contributed by atoms with E-state index in [2.05, 4.69) is 38.0 Å². The summed E-state index contributed by atoms with van der Waals surface area (Å²) < 4.78 is 5.43. The maximum atomic E-state index is 5.43. The van der Waals surface area contributed by atoms with Crippen LogP contribution in [0.25, 0.3) is 0 Å². The number of ether oxygens (including phenoxy) is 1. The first-order valence-electron chi connectivity index (χ1n) is 6.27. The molecule has 0 saturated heterocycles. The fourth-order valence-corrected chi connectivity index (χ4v) is 2.70. The molecular weight excluding hydrogens is 232 g/mol. The second-order valence-electron chi connectivity index (χ2n) is 4.45. The molecule has 2 unspecified atom stereocenters. The van der Waals surface area contributed by atoms with Crippen LogP contribution in [0, 0.1) is 13.8 Å². The molecule has 3 nitrogen and oxygen atoms in total. The Morgan fingerprint density at radius 2 is 2.12 bits per heavy atom. The van der Waals surface area contributed by atoms with Crippen molar-refractivity contribution >= 4 is 11.3 Å². The number of aryl methyl sites for hydroxylation is 2. The second kappa shape index (κ2) is 7.09. The van der Waals surface area contributed by atoms with Crippen LogP contribution in [0.4, 0.5) is 0 Å². The first-order valence-corrected chi connectivity index (χ1v) is 7.09. The summed E-state index contributed by atoms with van der Waals surface area (Å²) >= 11 is 1.80. The van der Waals surface area contributed by atoms with Crippen LogP contribution in [-0.2, 0) is 11.2 Å². The Morgan fingerprint density at radius 3 is 2.59 bits per heavy atom. The molecule has 1 rings (SSSR count). The van der Waals surface area contributed by atoms with Crippen molar-refractivity contribution in [3.8, 4) is 0 Å². The minimum absolute atomic E-state index is 0.214. The van der Waals surface area contributed by atoms with Crippen molar-refractivity contribution in [1.82, 2.24) is 10.3 Å². The summed E-state index contributed by atoms with van der Waals surface area (Å²) in [6.45, 7) is 9.52. The fourth-order valence-electron chi connectivity index (χ4n) is 1.71. The third kappa shape index (κ3) is 4.37. The van der Waals surface area contributed by atoms with Crippen LogP contribution in [0.15, 0.2) is 0 Å². The summed E-state index contributed by atoms with van der Waals surface area (Å²) in [4.78, 5) is 5.92. The third-order valence-corrected chi connectivity index (χ3v) is 4.16. The van der Waals surface area contributed by atoms with Gasteiger partial charge in [-0.15, -0.1) is 11.3 Å². The lowest BCUT2D eigenvalue weighted by atomic mass is 10.1. The van der Waals surface area contributed by atoms with E-state index in [1.165, 1.54) is 9.88 Å². The number of thiazole rings is 1. The molecule has 0 bridgehead atoms. The van der Waals surface area contributed by atoms with Gasteiger partial charge >= 0.3 is 0 Å². The summed E-state index contributed by atoms with van der Waals surface area (Å²) in [6.07, 6.45) is 2.31. The van der Waals surface area contributed by atoms with Gasteiger partial charge < -0.3 is 10.1 Å². The molecule has 0 spiro atoms. The van der Waals surface area contributed by atoms with Crippen molar-refractivity contribution in [2.45, 2.75) is 52.7 Å². The Hall–Kier alpha value is -0.450. The molecule has 0 saturated carbocycles. The summed E-state index contributed by atoms with van der Waals surface area (Å²) in [5.41, 5.74) is 1.16. The van der Waals surface area contributed by atoms with Crippen LogP contribution >= 0.6 is 11.3 Å². The third-order valence-electron chi connectivity index (χ3n) is 3.06. The maximum Gasteiger partial charge on any atom is 0.0947 e. The highest BCUT2D eigenvalue weighted by Crippen LogP contribution is 2.19. The zero-order valence-corrected chi connectivity index (χ0v) is 12.4. The van der Waals surface area contributed by atoms with Crippen LogP contribution in [0.2, 0.25) is 0 Å². The molecule has 1 heterocycles. The van der Waals surface area contributed by atoms with E-state index in [9.17, 15) is 0 Å². The minimum Gasteiger partial charge on any atom is -0.380 e. The number of rotatable bonds is 7. The van der Waals surface area contributed by atoms with Gasteiger partial charge in [0.1, 0.15) is 0 Å². The number of hydrogen-bond acceptors (Lipinski definition) is 4. The Balaban J connectivity index is 2.64. The zero-order chi connectivity index (χ0) is 12.8. The average molecular weight is 256 g/mol. The first kappa shape index (κ1) is 14.6. The van der Waals surface area contributed by atoms with Crippen LogP contribution in [-0.4, -0.2) is 30.8 Å². The van der Waals surface area contributed by atoms with Gasteiger partial charge in [0, 0.05) is 24.4 Å². The van der Waals surface area contributed by atoms with Crippen LogP contribution in [0.5, 0.6) is 0 Å². The smallest absolute Gasteiger partial charge is 0.0947 e. The van der Waals surface area contributed by atoms with E-state index >= 15 is 0 Å². The second-order valence-corrected chi connectivity index (χ2v) is 5.74. The van der Waals surface area contributed by atoms with Crippen molar-refractivity contribution in [2.24, 2.45) is 0 Å². The largest absolute Gasteiger partial charge is 0.380 e. The minimum atomic E-state index is 0.214. The molecule has 0 fully saturated rings. The van der Waals surface area contributed by atoms with Gasteiger partial charge in [-0.2, -0.15) is 0 Å². The molecule has 17 heavy (non-hydrogen) atoms. The van der Waals surface area contributed by atoms with Crippen molar-refractivity contribution in [2.75, 3.05) is 13.7 Å². The topological polar surface area (TPSA) is 34.2 Å². The molecule has 0 aliphatic heterocycles. The van der Waals surface area contributed by atoms with Crippen molar-refractivity contribution in [1.29, 1.82) is 0 Å². The van der Waals surface area contributed by atoms with Crippen LogP contribution < -0.4 is 5.32 Å². The maximum absolute atomic E-state index is 5.43. The molecule has 1 N–H and O–H groups in total. The summed E-state index contributed by atoms with van der Waals surface area (Å²) in [6, 6.07) is 0.352. The van der Waals surface area contributed by atoms with Gasteiger partial charge in [0.05, 0.1) is 16.8 Å². The van der Waals surface area contributed by atoms with Gasteiger partial charge in [0.25, 0.3) is 0 Å². The molecule has 1 aromatic rings. The number of hydrogen-bond donors (Lipinski definition) is 1. The van der Waals surface area contributed by atoms with E-state index in [1.807, 2.05) is 0 Å². The predicted molar refractivity (Wildman–Crippen MR) is 73.8 cm³/mol. The van der Waals surface area contributed by atoms with Gasteiger partial charge in [-0.3, -0.25) is 0 Å². The average Bonchev–Trinajstić information content (AvgIpc) is 2.62. The van der Waals surface area contributed by atoms with Crippen molar-refractivity contribution in [3.63, 3.8) is 0 Å². The fraction of sp³-hybridized carbons (Fsp3) is 0.769. The van der Waals surface area contributed by atoms with E-state index in [0.717, 1.165) is 25.1 Å². The lowest BCUT2D eigenvalue weighted by Gasteiger charge is -2.23. The lowest BCUT2D eigenvalue weighted by Crippen LogP contribution is -2.41. The first-order chi connectivity index (χ1) is 8.08. The van der Waals surface area contributed by atoms with E-state index < -0.39 is 0 Å². The summed E-state index contributed by atoms with van der Waals surface area (Å²) in [5, 5.41) is 4.74. The zero-order valence-electron chi connectivity index (χ0n) is 11.5. The number of nitrogens with one attached hydrogen (secondary N) is 1. The molecule has 0 aromatic carbocycles. The molecule has 0 aliphatic rings. The van der Waals surface area contributed by atoms with Crippen LogP contribution in [0.3, 0.4) is 0 Å². The quantitative estimate of drug-likeness (QED) is 0.814. The predicted octanol–water partition coefficient (Wildman–Crippen LogP) is 2.71. The monoisotopic (exact) mass is 256 g/mol. The number of methoxy groups -OCH3 is 1. The highest BCUT2D eigenvalue weighted by molar-refractivity contribution is 7.11. The molecule has 0 radical (unpaired) electrons. The summed E-state index contributed by atoms with van der Waals surface area (Å²) in [7, 11) is 1.77. The molecular formula is C13H24N2OS. The van der Waals surface area contributed by atoms with Gasteiger partial charge in [-0.25, -0.2) is 4.98 Å². The normalized spacial score (nSPS) is 14.9. The van der Waals surface area contributed by atoms with Gasteiger partial charge in [0.2, 0.25) is 0 Å². The number of aromatic nitrogens is 1. The van der Waals surface area contributed by atoms with Crippen molar-refractivity contribution in [3.05, 3.63) is 15.6 Å². The van der Waals surface area contributed by atoms with Gasteiger partial charge in [0.15, 0.2) is 0 Å². The van der Waals surface area contributed by atoms with Crippen molar-refractivity contribution < 1.29 is 4.74 Å². The highest BCUT2D eigenvalue weighted by atomic mass is 32.1. The summed E-state index contributed by atoms with van der Waals surface area (Å²) in [5.74, 6) is 0. The molecule has 0 amide bonds. The standard InChI is InChI=1S/C13H24N2OS/c1-6-7-14-12(10(3)16-5)8-13-15-9(2)11(4)17-13/h10,12,14H,6-8H2,1-5H3. The molecule has 98 valence electrons. The SMILES string of the molecule is CCCNC(Cc1nc(C)c(C)s1)C(C)OC. The molecule has 1 aromatic heterocycles. The molecule has 2 atom stereocenters. The van der Waals surface area contributed by atoms with E-state index in [-0.39, 0.29) is 6.10 Å². The lowest BCUT2D eigenvalue weighted by molar-refractivity contribution is 0.0830. The highest BCUT2D eigenvalue weighted by Gasteiger charge is 2.18. The Kier molecular flexibility index (Phi) is 6.09. The Labute approximate surface area is 109 Å². The van der Waals surface area contributed by atoms with Gasteiger partial charge in [-0.1, -0.05) is 6.92 Å². The van der Waals surface area contributed by atoms with E-state index in [4.69, 9.17) is 4.74 Å². The Bertz CT molecular complexity index is 319. The molecule has 4 heteroatoms. The van der Waals surface area contributed by atoms with Crippen LogP contribution in [0.1, 0.15) is 35.8 Å². The Morgan fingerprint density at radius 1 is 1.41 bits per heavy atom. The van der Waals surface area contributed by atoms with E-state index in [1.54, 1.807) is 18.4 Å². The molecule has 0 aliphatic carbocycles. The van der Waals surface area contributed by atoms with Gasteiger partial charge in [-0.05, 0) is 33.7 Å². The van der Waals surface area contributed by atoms with E-state index in [0.29, 0.717) is 6.04 Å². The number of nitrogens with zero attached hydrogens (tertiary/aromatic N) is 1.